The number of primary amides is 1. The van der Waals surface area contributed by atoms with Gasteiger partial charge in [-0.05, 0) is 24.6 Å². The molecular weight excluding hydrogens is 502 g/mol. The topological polar surface area (TPSA) is 137 Å². The summed E-state index contributed by atoms with van der Waals surface area (Å²) < 4.78 is 13.0. The molecule has 1 fully saturated rings. The maximum Gasteiger partial charge on any atom is 0.274 e. The quantitative estimate of drug-likeness (QED) is 0.440. The zero-order valence-electron chi connectivity index (χ0n) is 21.6. The van der Waals surface area contributed by atoms with E-state index in [0.717, 1.165) is 5.56 Å². The van der Waals surface area contributed by atoms with E-state index in [1.807, 2.05) is 37.3 Å². The fraction of sp³-hybridized carbons (Fsp3) is 0.321. The lowest BCUT2D eigenvalue weighted by Gasteiger charge is -2.34. The third kappa shape index (κ3) is 5.06. The average molecular weight is 532 g/mol. The van der Waals surface area contributed by atoms with Crippen LogP contribution in [0.15, 0.2) is 60.7 Å². The third-order valence-corrected chi connectivity index (χ3v) is 7.04. The van der Waals surface area contributed by atoms with Gasteiger partial charge >= 0.3 is 0 Å². The Morgan fingerprint density at radius 1 is 1.03 bits per heavy atom. The minimum atomic E-state index is -0.677. The molecule has 2 N–H and O–H groups in total. The molecule has 1 saturated heterocycles. The van der Waals surface area contributed by atoms with Crippen molar-refractivity contribution in [3.63, 3.8) is 0 Å². The monoisotopic (exact) mass is 531 g/mol. The number of aromatic nitrogens is 2. The van der Waals surface area contributed by atoms with Crippen LogP contribution in [0.1, 0.15) is 66.6 Å². The number of rotatable bonds is 8. The summed E-state index contributed by atoms with van der Waals surface area (Å²) in [6, 6.07) is 16.8. The number of amides is 4. The molecule has 3 heterocycles. The van der Waals surface area contributed by atoms with Gasteiger partial charge in [-0.25, -0.2) is 0 Å². The van der Waals surface area contributed by atoms with Crippen molar-refractivity contribution in [1.82, 2.24) is 19.6 Å². The maximum atomic E-state index is 13.1. The fourth-order valence-electron chi connectivity index (χ4n) is 4.84. The standard InChI is InChI=1S/C28H29N5O6/c1-17(18-8-4-3-5-9-18)33-23(25(29)34)14-22(30-33)28(37)31(2)13-12-24-38-15-19(16-39-24)32-26(35)20-10-6-7-11-21(20)27(32)36/h3-11,14,17,19,24H,12-13,15-16H2,1-2H3,(H2,29,34)/t17-,19?,24?/m0/s1. The minimum absolute atomic E-state index is 0.102. The van der Waals surface area contributed by atoms with E-state index in [9.17, 15) is 19.2 Å². The second-order valence-corrected chi connectivity index (χ2v) is 9.60. The number of nitrogens with two attached hydrogens (primary N) is 1. The number of fused-ring (bicyclic) bond motifs is 1. The number of hydrogen-bond donors (Lipinski definition) is 1. The lowest BCUT2D eigenvalue weighted by molar-refractivity contribution is -0.200. The third-order valence-electron chi connectivity index (χ3n) is 7.04. The Morgan fingerprint density at radius 2 is 1.62 bits per heavy atom. The van der Waals surface area contributed by atoms with E-state index in [0.29, 0.717) is 17.5 Å². The van der Waals surface area contributed by atoms with Crippen LogP contribution in [0.2, 0.25) is 0 Å². The summed E-state index contributed by atoms with van der Waals surface area (Å²) in [4.78, 5) is 53.3. The molecule has 0 saturated carbocycles. The molecule has 3 aromatic rings. The van der Waals surface area contributed by atoms with Gasteiger partial charge in [-0.15, -0.1) is 0 Å². The summed E-state index contributed by atoms with van der Waals surface area (Å²) in [5, 5.41) is 4.40. The summed E-state index contributed by atoms with van der Waals surface area (Å²) in [7, 11) is 1.62. The average Bonchev–Trinajstić information content (AvgIpc) is 3.52. The van der Waals surface area contributed by atoms with Crippen molar-refractivity contribution in [2.24, 2.45) is 5.73 Å². The summed E-state index contributed by atoms with van der Waals surface area (Å²) >= 11 is 0. The minimum Gasteiger partial charge on any atom is -0.364 e. The molecule has 39 heavy (non-hydrogen) atoms. The Morgan fingerprint density at radius 3 is 2.21 bits per heavy atom. The van der Waals surface area contributed by atoms with Crippen molar-refractivity contribution in [3.8, 4) is 0 Å². The summed E-state index contributed by atoms with van der Waals surface area (Å²) in [6.07, 6.45) is -0.246. The molecule has 0 radical (unpaired) electrons. The van der Waals surface area contributed by atoms with Crippen LogP contribution in [0.4, 0.5) is 0 Å². The first-order valence-corrected chi connectivity index (χ1v) is 12.7. The number of carbonyl (C=O) groups is 4. The lowest BCUT2D eigenvalue weighted by atomic mass is 10.1. The molecular formula is C28H29N5O6. The van der Waals surface area contributed by atoms with E-state index in [1.54, 1.807) is 31.3 Å². The number of carbonyl (C=O) groups excluding carboxylic acids is 4. The van der Waals surface area contributed by atoms with Gasteiger partial charge in [0.25, 0.3) is 23.6 Å². The molecule has 0 spiro atoms. The van der Waals surface area contributed by atoms with E-state index in [-0.39, 0.29) is 54.9 Å². The molecule has 1 aromatic heterocycles. The summed E-state index contributed by atoms with van der Waals surface area (Å²) in [6.45, 7) is 2.43. The molecule has 0 aliphatic carbocycles. The highest BCUT2D eigenvalue weighted by Crippen LogP contribution is 2.27. The molecule has 11 nitrogen and oxygen atoms in total. The van der Waals surface area contributed by atoms with Crippen molar-refractivity contribution >= 4 is 23.6 Å². The maximum absolute atomic E-state index is 13.1. The van der Waals surface area contributed by atoms with Crippen molar-refractivity contribution in [1.29, 1.82) is 0 Å². The van der Waals surface area contributed by atoms with Crippen LogP contribution in [0.5, 0.6) is 0 Å². The molecule has 2 aromatic carbocycles. The van der Waals surface area contributed by atoms with Gasteiger partial charge < -0.3 is 20.1 Å². The molecule has 2 aliphatic heterocycles. The van der Waals surface area contributed by atoms with E-state index < -0.39 is 18.2 Å². The predicted molar refractivity (Wildman–Crippen MR) is 139 cm³/mol. The summed E-state index contributed by atoms with van der Waals surface area (Å²) in [5.41, 5.74) is 7.49. The molecule has 4 amide bonds. The zero-order chi connectivity index (χ0) is 27.7. The first-order valence-electron chi connectivity index (χ1n) is 12.7. The first kappa shape index (κ1) is 26.3. The van der Waals surface area contributed by atoms with E-state index in [4.69, 9.17) is 15.2 Å². The first-order chi connectivity index (χ1) is 18.8. The van der Waals surface area contributed by atoms with Crippen LogP contribution in [-0.2, 0) is 9.47 Å². The van der Waals surface area contributed by atoms with Crippen molar-refractivity contribution in [2.75, 3.05) is 26.8 Å². The smallest absolute Gasteiger partial charge is 0.274 e. The fourth-order valence-corrected chi connectivity index (χ4v) is 4.84. The zero-order valence-corrected chi connectivity index (χ0v) is 21.6. The van der Waals surface area contributed by atoms with Gasteiger partial charge in [0.05, 0.1) is 36.4 Å². The van der Waals surface area contributed by atoms with Crippen molar-refractivity contribution in [2.45, 2.75) is 31.7 Å². The van der Waals surface area contributed by atoms with Gasteiger partial charge in [0, 0.05) is 26.1 Å². The number of ether oxygens (including phenoxy) is 2. The Kier molecular flexibility index (Phi) is 7.27. The van der Waals surface area contributed by atoms with Gasteiger partial charge in [-0.2, -0.15) is 5.10 Å². The number of benzene rings is 2. The predicted octanol–water partition coefficient (Wildman–Crippen LogP) is 2.09. The molecule has 1 atom stereocenters. The highest BCUT2D eigenvalue weighted by molar-refractivity contribution is 6.21. The molecule has 11 heteroatoms. The van der Waals surface area contributed by atoms with Crippen LogP contribution in [0.3, 0.4) is 0 Å². The van der Waals surface area contributed by atoms with Crippen LogP contribution in [0.25, 0.3) is 0 Å². The Bertz CT molecular complexity index is 1380. The molecule has 0 unspecified atom stereocenters. The second-order valence-electron chi connectivity index (χ2n) is 9.60. The van der Waals surface area contributed by atoms with Gasteiger partial charge in [-0.3, -0.25) is 28.8 Å². The SMILES string of the molecule is C[C@@H](c1ccccc1)n1nc(C(=O)N(C)CCC2OCC(N3C(=O)c4ccccc4C3=O)CO2)cc1C(N)=O. The Hall–Kier alpha value is -4.35. The normalized spacial score (nSPS) is 19.6. The number of imide groups is 1. The molecule has 0 bridgehead atoms. The van der Waals surface area contributed by atoms with Crippen LogP contribution in [-0.4, -0.2) is 82.3 Å². The highest BCUT2D eigenvalue weighted by Gasteiger charge is 2.41. The van der Waals surface area contributed by atoms with Crippen LogP contribution >= 0.6 is 0 Å². The number of hydrogen-bond acceptors (Lipinski definition) is 7. The Balaban J connectivity index is 1.17. The summed E-state index contributed by atoms with van der Waals surface area (Å²) in [5.74, 6) is -1.76. The van der Waals surface area contributed by atoms with Gasteiger partial charge in [0.2, 0.25) is 0 Å². The molecule has 202 valence electrons. The van der Waals surface area contributed by atoms with E-state index in [2.05, 4.69) is 5.10 Å². The van der Waals surface area contributed by atoms with Crippen LogP contribution < -0.4 is 5.73 Å². The van der Waals surface area contributed by atoms with Gasteiger partial charge in [0.15, 0.2) is 12.0 Å². The molecule has 5 rings (SSSR count). The van der Waals surface area contributed by atoms with Crippen LogP contribution in [0, 0.1) is 0 Å². The van der Waals surface area contributed by atoms with E-state index in [1.165, 1.54) is 20.5 Å². The molecule has 2 aliphatic rings. The second kappa shape index (κ2) is 10.8. The Labute approximate surface area is 225 Å². The van der Waals surface area contributed by atoms with Gasteiger partial charge in [0.1, 0.15) is 5.69 Å². The van der Waals surface area contributed by atoms with E-state index >= 15 is 0 Å². The van der Waals surface area contributed by atoms with Crippen molar-refractivity contribution in [3.05, 3.63) is 88.7 Å². The van der Waals surface area contributed by atoms with Crippen molar-refractivity contribution < 1.29 is 28.7 Å². The highest BCUT2D eigenvalue weighted by atomic mass is 16.7. The largest absolute Gasteiger partial charge is 0.364 e. The van der Waals surface area contributed by atoms with Gasteiger partial charge in [-0.1, -0.05) is 42.5 Å². The lowest BCUT2D eigenvalue weighted by Crippen LogP contribution is -2.50. The number of nitrogens with zero attached hydrogens (tertiary/aromatic N) is 4.